The number of fused-ring (bicyclic) bond motifs is 1. The van der Waals surface area contributed by atoms with Gasteiger partial charge in [-0.3, -0.25) is 4.68 Å². The van der Waals surface area contributed by atoms with E-state index in [1.807, 2.05) is 0 Å². The average molecular weight is 270 g/mol. The van der Waals surface area contributed by atoms with E-state index >= 15 is 0 Å². The first kappa shape index (κ1) is 12.1. The quantitative estimate of drug-likeness (QED) is 0.807. The summed E-state index contributed by atoms with van der Waals surface area (Å²) < 4.78 is 28.0. The van der Waals surface area contributed by atoms with Gasteiger partial charge in [0, 0.05) is 32.4 Å². The highest BCUT2D eigenvalue weighted by Crippen LogP contribution is 2.29. The zero-order valence-electron chi connectivity index (χ0n) is 10.4. The molecule has 2 atom stereocenters. The molecule has 0 saturated carbocycles. The van der Waals surface area contributed by atoms with Crippen LogP contribution in [-0.4, -0.2) is 48.2 Å². The summed E-state index contributed by atoms with van der Waals surface area (Å²) in [7, 11) is -1.64. The number of piperidine rings is 1. The maximum absolute atomic E-state index is 12.4. The van der Waals surface area contributed by atoms with Crippen LogP contribution in [0.1, 0.15) is 12.8 Å². The zero-order chi connectivity index (χ0) is 12.8. The Kier molecular flexibility index (Phi) is 2.91. The van der Waals surface area contributed by atoms with Crippen LogP contribution in [-0.2, 0) is 17.1 Å². The molecule has 0 amide bonds. The Labute approximate surface area is 107 Å². The molecule has 0 aromatic carbocycles. The molecule has 3 heterocycles. The number of aromatic nitrogens is 2. The van der Waals surface area contributed by atoms with Gasteiger partial charge in [-0.05, 0) is 25.3 Å². The van der Waals surface area contributed by atoms with Gasteiger partial charge < -0.3 is 5.32 Å². The van der Waals surface area contributed by atoms with Gasteiger partial charge in [0.25, 0.3) is 0 Å². The maximum atomic E-state index is 12.4. The summed E-state index contributed by atoms with van der Waals surface area (Å²) in [5.41, 5.74) is 0. The minimum Gasteiger partial charge on any atom is -0.312 e. The number of nitrogens with zero attached hydrogens (tertiary/aromatic N) is 3. The first-order valence-corrected chi connectivity index (χ1v) is 7.73. The molecule has 2 aliphatic heterocycles. The van der Waals surface area contributed by atoms with Crippen molar-refractivity contribution in [3.8, 4) is 0 Å². The molecule has 2 saturated heterocycles. The Hall–Kier alpha value is -0.920. The van der Waals surface area contributed by atoms with Crippen molar-refractivity contribution in [3.63, 3.8) is 0 Å². The summed E-state index contributed by atoms with van der Waals surface area (Å²) in [6.45, 7) is 2.22. The first-order chi connectivity index (χ1) is 8.57. The predicted octanol–water partition coefficient (Wildman–Crippen LogP) is -0.207. The second-order valence-electron chi connectivity index (χ2n) is 5.13. The van der Waals surface area contributed by atoms with Crippen LogP contribution in [0.5, 0.6) is 0 Å². The van der Waals surface area contributed by atoms with Gasteiger partial charge in [0.15, 0.2) is 0 Å². The number of hydrogen-bond donors (Lipinski definition) is 1. The third-order valence-electron chi connectivity index (χ3n) is 3.88. The van der Waals surface area contributed by atoms with E-state index in [4.69, 9.17) is 0 Å². The lowest BCUT2D eigenvalue weighted by molar-refractivity contribution is 0.339. The van der Waals surface area contributed by atoms with Crippen molar-refractivity contribution in [2.75, 3.05) is 19.6 Å². The molecule has 6 nitrogen and oxygen atoms in total. The molecule has 100 valence electrons. The van der Waals surface area contributed by atoms with Crippen molar-refractivity contribution in [1.29, 1.82) is 0 Å². The van der Waals surface area contributed by atoms with Crippen molar-refractivity contribution in [1.82, 2.24) is 19.4 Å². The average Bonchev–Trinajstić information content (AvgIpc) is 2.94. The highest BCUT2D eigenvalue weighted by molar-refractivity contribution is 7.89. The minimum atomic E-state index is -3.37. The fourth-order valence-corrected chi connectivity index (χ4v) is 4.39. The molecule has 2 fully saturated rings. The van der Waals surface area contributed by atoms with Crippen LogP contribution in [0.4, 0.5) is 0 Å². The largest absolute Gasteiger partial charge is 0.312 e. The lowest BCUT2D eigenvalue weighted by atomic mass is 9.94. The van der Waals surface area contributed by atoms with E-state index < -0.39 is 10.0 Å². The summed E-state index contributed by atoms with van der Waals surface area (Å²) in [6.07, 6.45) is 5.24. The van der Waals surface area contributed by atoms with Gasteiger partial charge >= 0.3 is 0 Å². The molecule has 0 spiro atoms. The van der Waals surface area contributed by atoms with Gasteiger partial charge in [-0.2, -0.15) is 9.40 Å². The van der Waals surface area contributed by atoms with Gasteiger partial charge in [-0.15, -0.1) is 0 Å². The van der Waals surface area contributed by atoms with Crippen molar-refractivity contribution >= 4 is 10.0 Å². The normalized spacial score (nSPS) is 29.4. The number of nitrogens with one attached hydrogen (secondary N) is 1. The Morgan fingerprint density at radius 2 is 2.28 bits per heavy atom. The second kappa shape index (κ2) is 4.32. The van der Waals surface area contributed by atoms with Gasteiger partial charge in [0.05, 0.1) is 6.20 Å². The number of hydrogen-bond acceptors (Lipinski definition) is 4. The Morgan fingerprint density at radius 1 is 1.44 bits per heavy atom. The topological polar surface area (TPSA) is 67.2 Å². The standard InChI is InChI=1S/C11H18N4O2S/c1-14-7-10(5-13-14)18(16,17)15-6-9-3-2-4-12-11(9)8-15/h5,7,9,11-12H,2-4,6,8H2,1H3/t9-,11+/m0/s1. The van der Waals surface area contributed by atoms with Gasteiger partial charge in [0.2, 0.25) is 10.0 Å². The third kappa shape index (κ3) is 1.96. The lowest BCUT2D eigenvalue weighted by Crippen LogP contribution is -2.41. The van der Waals surface area contributed by atoms with E-state index in [0.29, 0.717) is 29.9 Å². The van der Waals surface area contributed by atoms with Gasteiger partial charge in [-0.25, -0.2) is 8.42 Å². The van der Waals surface area contributed by atoms with Crippen LogP contribution in [0, 0.1) is 5.92 Å². The summed E-state index contributed by atoms with van der Waals surface area (Å²) in [4.78, 5) is 0.295. The highest BCUT2D eigenvalue weighted by Gasteiger charge is 2.40. The van der Waals surface area contributed by atoms with Crippen LogP contribution in [0.15, 0.2) is 17.3 Å². The van der Waals surface area contributed by atoms with E-state index in [1.165, 1.54) is 10.9 Å². The van der Waals surface area contributed by atoms with Crippen molar-refractivity contribution in [2.24, 2.45) is 13.0 Å². The first-order valence-electron chi connectivity index (χ1n) is 6.29. The van der Waals surface area contributed by atoms with E-state index in [-0.39, 0.29) is 0 Å². The molecule has 0 aliphatic carbocycles. The molecule has 0 unspecified atom stereocenters. The number of aryl methyl sites for hydroxylation is 1. The maximum Gasteiger partial charge on any atom is 0.246 e. The van der Waals surface area contributed by atoms with Crippen LogP contribution >= 0.6 is 0 Å². The van der Waals surface area contributed by atoms with E-state index in [2.05, 4.69) is 10.4 Å². The Balaban J connectivity index is 1.83. The number of rotatable bonds is 2. The molecule has 1 aromatic rings. The molecule has 2 aliphatic rings. The van der Waals surface area contributed by atoms with Crippen LogP contribution in [0.3, 0.4) is 0 Å². The predicted molar refractivity (Wildman–Crippen MR) is 66.5 cm³/mol. The molecule has 1 aromatic heterocycles. The summed E-state index contributed by atoms with van der Waals surface area (Å²) in [5.74, 6) is 0.463. The molecule has 7 heteroatoms. The second-order valence-corrected chi connectivity index (χ2v) is 7.07. The highest BCUT2D eigenvalue weighted by atomic mass is 32.2. The van der Waals surface area contributed by atoms with E-state index in [9.17, 15) is 8.42 Å². The molecule has 3 rings (SSSR count). The van der Waals surface area contributed by atoms with Crippen molar-refractivity contribution in [2.45, 2.75) is 23.8 Å². The smallest absolute Gasteiger partial charge is 0.246 e. The SMILES string of the molecule is Cn1cc(S(=O)(=O)N2C[C@@H]3CCCN[C@@H]3C2)cn1. The summed E-state index contributed by atoms with van der Waals surface area (Å²) >= 11 is 0. The minimum absolute atomic E-state index is 0.295. The molecule has 18 heavy (non-hydrogen) atoms. The lowest BCUT2D eigenvalue weighted by Gasteiger charge is -2.24. The summed E-state index contributed by atoms with van der Waals surface area (Å²) in [6, 6.07) is 0.324. The Morgan fingerprint density at radius 3 is 2.94 bits per heavy atom. The monoisotopic (exact) mass is 270 g/mol. The molecule has 0 bridgehead atoms. The third-order valence-corrected chi connectivity index (χ3v) is 5.67. The summed E-state index contributed by atoms with van der Waals surface area (Å²) in [5, 5.41) is 7.35. The van der Waals surface area contributed by atoms with Crippen LogP contribution < -0.4 is 5.32 Å². The van der Waals surface area contributed by atoms with Crippen LogP contribution in [0.2, 0.25) is 0 Å². The van der Waals surface area contributed by atoms with Crippen molar-refractivity contribution in [3.05, 3.63) is 12.4 Å². The molecular weight excluding hydrogens is 252 g/mol. The van der Waals surface area contributed by atoms with E-state index in [1.54, 1.807) is 17.5 Å². The molecule has 0 radical (unpaired) electrons. The van der Waals surface area contributed by atoms with Crippen molar-refractivity contribution < 1.29 is 8.42 Å². The molecular formula is C11H18N4O2S. The zero-order valence-corrected chi connectivity index (χ0v) is 11.2. The van der Waals surface area contributed by atoms with Crippen LogP contribution in [0.25, 0.3) is 0 Å². The number of sulfonamides is 1. The molecule has 1 N–H and O–H groups in total. The Bertz CT molecular complexity index is 525. The fourth-order valence-electron chi connectivity index (χ4n) is 2.88. The van der Waals surface area contributed by atoms with Gasteiger partial charge in [0.1, 0.15) is 4.90 Å². The van der Waals surface area contributed by atoms with Gasteiger partial charge in [-0.1, -0.05) is 0 Å². The fraction of sp³-hybridized carbons (Fsp3) is 0.727. The van der Waals surface area contributed by atoms with E-state index in [0.717, 1.165) is 19.4 Å².